The first-order valence-corrected chi connectivity index (χ1v) is 16.7. The number of rotatable bonds is 5. The fraction of sp³-hybridized carbons (Fsp3) is 0. The normalized spacial score (nSPS) is 11.6. The molecule has 0 N–H and O–H groups in total. The Morgan fingerprint density at radius 3 is 1.58 bits per heavy atom. The molecule has 7 aromatic carbocycles. The van der Waals surface area contributed by atoms with Gasteiger partial charge in [-0.05, 0) is 58.7 Å². The number of aromatic nitrogens is 4. The van der Waals surface area contributed by atoms with Gasteiger partial charge in [0, 0.05) is 32.7 Å². The molecule has 0 radical (unpaired) electrons. The maximum Gasteiger partial charge on any atom is 0.238 e. The van der Waals surface area contributed by atoms with E-state index in [0.717, 1.165) is 77.1 Å². The first-order valence-electron chi connectivity index (χ1n) is 16.7. The minimum absolute atomic E-state index is 0.571. The topological polar surface area (TPSA) is 56.7 Å². The monoisotopic (exact) mass is 640 g/mol. The van der Waals surface area contributed by atoms with Crippen LogP contribution in [0.3, 0.4) is 0 Å². The molecule has 0 spiro atoms. The molecule has 0 fully saturated rings. The van der Waals surface area contributed by atoms with E-state index in [-0.39, 0.29) is 0 Å². The van der Waals surface area contributed by atoms with Gasteiger partial charge in [-0.1, -0.05) is 133 Å². The van der Waals surface area contributed by atoms with Crippen LogP contribution in [0, 0.1) is 0 Å². The largest absolute Gasteiger partial charge is 0.456 e. The van der Waals surface area contributed by atoms with Crippen LogP contribution in [0.5, 0.6) is 0 Å². The Balaban J connectivity index is 1.23. The second kappa shape index (κ2) is 11.4. The van der Waals surface area contributed by atoms with E-state index < -0.39 is 0 Å². The van der Waals surface area contributed by atoms with Gasteiger partial charge in [-0.15, -0.1) is 0 Å². The molecule has 0 saturated heterocycles. The molecule has 0 aliphatic rings. The summed E-state index contributed by atoms with van der Waals surface area (Å²) in [5.41, 5.74) is 10.2. The standard InChI is InChI=1S/C45H28N4O/c1-4-12-29(13-5-1)34-20-23-35-37-26-32(33-22-25-42-38(27-33)36-18-10-11-19-41(36)50-42)21-24-39(37)49(40(35)28-34)45-47-43(30-14-6-2-7-15-30)46-44(48-45)31-16-8-3-9-17-31/h1-28H. The molecule has 0 aliphatic carbocycles. The Labute approximate surface area is 287 Å². The van der Waals surface area contributed by atoms with E-state index in [0.29, 0.717) is 17.6 Å². The van der Waals surface area contributed by atoms with Crippen LogP contribution in [0.15, 0.2) is 174 Å². The summed E-state index contributed by atoms with van der Waals surface area (Å²) >= 11 is 0. The van der Waals surface area contributed by atoms with Crippen LogP contribution >= 0.6 is 0 Å². The maximum absolute atomic E-state index is 6.13. The molecule has 5 heteroatoms. The molecule has 10 aromatic rings. The number of fused-ring (bicyclic) bond motifs is 6. The van der Waals surface area contributed by atoms with Gasteiger partial charge in [0.05, 0.1) is 11.0 Å². The molecule has 0 amide bonds. The number of nitrogens with zero attached hydrogens (tertiary/aromatic N) is 4. The first kappa shape index (κ1) is 28.2. The zero-order chi connectivity index (χ0) is 33.0. The quantitative estimate of drug-likeness (QED) is 0.188. The average Bonchev–Trinajstić information content (AvgIpc) is 3.73. The van der Waals surface area contributed by atoms with Crippen molar-refractivity contribution in [2.75, 3.05) is 0 Å². The number of para-hydroxylation sites is 1. The number of hydrogen-bond acceptors (Lipinski definition) is 4. The van der Waals surface area contributed by atoms with Gasteiger partial charge in [0.2, 0.25) is 5.95 Å². The summed E-state index contributed by atoms with van der Waals surface area (Å²) in [5.74, 6) is 1.82. The van der Waals surface area contributed by atoms with Crippen molar-refractivity contribution in [3.05, 3.63) is 170 Å². The second-order valence-electron chi connectivity index (χ2n) is 12.5. The first-order chi connectivity index (χ1) is 24.8. The fourth-order valence-corrected chi connectivity index (χ4v) is 7.03. The van der Waals surface area contributed by atoms with Crippen molar-refractivity contribution in [3.8, 4) is 51.0 Å². The molecule has 0 bridgehead atoms. The number of benzene rings is 7. The van der Waals surface area contributed by atoms with E-state index in [1.807, 2.05) is 78.9 Å². The second-order valence-corrected chi connectivity index (χ2v) is 12.5. The Bertz CT molecular complexity index is 2800. The molecule has 0 aliphatic heterocycles. The maximum atomic E-state index is 6.13. The molecule has 234 valence electrons. The summed E-state index contributed by atoms with van der Waals surface area (Å²) in [4.78, 5) is 15.2. The summed E-state index contributed by atoms with van der Waals surface area (Å²) in [6.07, 6.45) is 0. The molecule has 3 aromatic heterocycles. The van der Waals surface area contributed by atoms with Crippen LogP contribution in [-0.4, -0.2) is 19.5 Å². The van der Waals surface area contributed by atoms with Crippen molar-refractivity contribution in [2.45, 2.75) is 0 Å². The van der Waals surface area contributed by atoms with Gasteiger partial charge in [0.25, 0.3) is 0 Å². The Morgan fingerprint density at radius 1 is 0.340 bits per heavy atom. The minimum atomic E-state index is 0.571. The predicted molar refractivity (Wildman–Crippen MR) is 203 cm³/mol. The third-order valence-corrected chi connectivity index (χ3v) is 9.47. The Hall–Kier alpha value is -6.85. The smallest absolute Gasteiger partial charge is 0.238 e. The molecule has 0 atom stereocenters. The molecular formula is C45H28N4O. The third kappa shape index (κ3) is 4.67. The zero-order valence-electron chi connectivity index (χ0n) is 26.9. The minimum Gasteiger partial charge on any atom is -0.456 e. The van der Waals surface area contributed by atoms with E-state index in [9.17, 15) is 0 Å². The lowest BCUT2D eigenvalue weighted by atomic mass is 10.00. The SMILES string of the molecule is c1ccc(-c2ccc3c4cc(-c5ccc6oc7ccccc7c6c5)ccc4n(-c4nc(-c5ccccc5)nc(-c5ccccc5)n4)c3c2)cc1. The number of hydrogen-bond donors (Lipinski definition) is 0. The van der Waals surface area contributed by atoms with E-state index in [1.54, 1.807) is 0 Å². The van der Waals surface area contributed by atoms with E-state index >= 15 is 0 Å². The van der Waals surface area contributed by atoms with Crippen LogP contribution in [0.1, 0.15) is 0 Å². The summed E-state index contributed by atoms with van der Waals surface area (Å²) in [7, 11) is 0. The van der Waals surface area contributed by atoms with Gasteiger partial charge in [-0.3, -0.25) is 4.57 Å². The number of furan rings is 1. The van der Waals surface area contributed by atoms with Gasteiger partial charge in [-0.2, -0.15) is 9.97 Å². The zero-order valence-corrected chi connectivity index (χ0v) is 26.9. The lowest BCUT2D eigenvalue weighted by Gasteiger charge is -2.11. The highest BCUT2D eigenvalue weighted by Gasteiger charge is 2.19. The van der Waals surface area contributed by atoms with Crippen molar-refractivity contribution < 1.29 is 4.42 Å². The van der Waals surface area contributed by atoms with Gasteiger partial charge in [0.1, 0.15) is 11.2 Å². The highest BCUT2D eigenvalue weighted by molar-refractivity contribution is 6.12. The van der Waals surface area contributed by atoms with E-state index in [4.69, 9.17) is 19.4 Å². The summed E-state index contributed by atoms with van der Waals surface area (Å²) < 4.78 is 8.32. The van der Waals surface area contributed by atoms with Crippen LogP contribution in [0.25, 0.3) is 94.7 Å². The molecule has 0 unspecified atom stereocenters. The van der Waals surface area contributed by atoms with Gasteiger partial charge < -0.3 is 4.42 Å². The summed E-state index contributed by atoms with van der Waals surface area (Å²) in [5, 5.41) is 4.48. The lowest BCUT2D eigenvalue weighted by Crippen LogP contribution is -2.06. The van der Waals surface area contributed by atoms with Crippen molar-refractivity contribution >= 4 is 43.7 Å². The van der Waals surface area contributed by atoms with Crippen molar-refractivity contribution in [1.29, 1.82) is 0 Å². The molecule has 5 nitrogen and oxygen atoms in total. The van der Waals surface area contributed by atoms with Crippen LogP contribution in [0.4, 0.5) is 0 Å². The molecule has 3 heterocycles. The van der Waals surface area contributed by atoms with Crippen molar-refractivity contribution in [3.63, 3.8) is 0 Å². The molecule has 10 rings (SSSR count). The van der Waals surface area contributed by atoms with Crippen molar-refractivity contribution in [1.82, 2.24) is 19.5 Å². The van der Waals surface area contributed by atoms with Gasteiger partial charge >= 0.3 is 0 Å². The van der Waals surface area contributed by atoms with E-state index in [1.165, 1.54) is 0 Å². The summed E-state index contributed by atoms with van der Waals surface area (Å²) in [6, 6.07) is 58.7. The van der Waals surface area contributed by atoms with Crippen LogP contribution < -0.4 is 0 Å². The Morgan fingerprint density at radius 2 is 0.880 bits per heavy atom. The molecular weight excluding hydrogens is 613 g/mol. The lowest BCUT2D eigenvalue weighted by molar-refractivity contribution is 0.669. The van der Waals surface area contributed by atoms with E-state index in [2.05, 4.69) is 95.6 Å². The average molecular weight is 641 g/mol. The molecule has 0 saturated carbocycles. The predicted octanol–water partition coefficient (Wildman–Crippen LogP) is 11.5. The fourth-order valence-electron chi connectivity index (χ4n) is 7.03. The van der Waals surface area contributed by atoms with Crippen molar-refractivity contribution in [2.24, 2.45) is 0 Å². The van der Waals surface area contributed by atoms with Crippen LogP contribution in [-0.2, 0) is 0 Å². The van der Waals surface area contributed by atoms with Gasteiger partial charge in [0.15, 0.2) is 11.6 Å². The Kier molecular flexibility index (Phi) is 6.42. The van der Waals surface area contributed by atoms with Gasteiger partial charge in [-0.25, -0.2) is 4.98 Å². The highest BCUT2D eigenvalue weighted by atomic mass is 16.3. The molecule has 50 heavy (non-hydrogen) atoms. The third-order valence-electron chi connectivity index (χ3n) is 9.47. The highest BCUT2D eigenvalue weighted by Crippen LogP contribution is 2.38. The summed E-state index contributed by atoms with van der Waals surface area (Å²) in [6.45, 7) is 0. The van der Waals surface area contributed by atoms with Crippen LogP contribution in [0.2, 0.25) is 0 Å².